The average molecular weight is 395 g/mol. The first-order valence-corrected chi connectivity index (χ1v) is 9.75. The highest BCUT2D eigenvalue weighted by Crippen LogP contribution is 2.42. The van der Waals surface area contributed by atoms with Crippen LogP contribution in [0.2, 0.25) is 0 Å². The lowest BCUT2D eigenvalue weighted by Crippen LogP contribution is -2.39. The quantitative estimate of drug-likeness (QED) is 0.716. The molecule has 29 heavy (non-hydrogen) atoms. The van der Waals surface area contributed by atoms with Gasteiger partial charge in [-0.3, -0.25) is 9.48 Å². The van der Waals surface area contributed by atoms with Crippen LogP contribution in [0, 0.1) is 5.41 Å². The van der Waals surface area contributed by atoms with Crippen LogP contribution >= 0.6 is 0 Å². The smallest absolute Gasteiger partial charge is 0.341 e. The van der Waals surface area contributed by atoms with E-state index in [0.717, 1.165) is 28.6 Å². The normalized spacial score (nSPS) is 15.9. The molecule has 0 saturated heterocycles. The van der Waals surface area contributed by atoms with Crippen molar-refractivity contribution < 1.29 is 14.6 Å². The minimum absolute atomic E-state index is 0.122. The van der Waals surface area contributed by atoms with Crippen LogP contribution in [0.25, 0.3) is 22.3 Å². The van der Waals surface area contributed by atoms with Crippen molar-refractivity contribution in [1.82, 2.24) is 14.3 Å². The second kappa shape index (κ2) is 6.84. The van der Waals surface area contributed by atoms with Crippen molar-refractivity contribution in [1.29, 1.82) is 0 Å². The Kier molecular flexibility index (Phi) is 4.58. The molecule has 0 spiro atoms. The molecule has 3 heterocycles. The Morgan fingerprint density at radius 3 is 2.79 bits per heavy atom. The second-order valence-corrected chi connectivity index (χ2v) is 8.28. The summed E-state index contributed by atoms with van der Waals surface area (Å²) in [6.45, 7) is 7.31. The molecule has 1 atom stereocenters. The topological polar surface area (TPSA) is 86.3 Å². The van der Waals surface area contributed by atoms with Crippen molar-refractivity contribution >= 4 is 16.9 Å². The van der Waals surface area contributed by atoms with Crippen LogP contribution in [0.3, 0.4) is 0 Å². The molecule has 7 heteroatoms. The third kappa shape index (κ3) is 2.97. The van der Waals surface area contributed by atoms with Gasteiger partial charge < -0.3 is 14.4 Å². The summed E-state index contributed by atoms with van der Waals surface area (Å²) in [6, 6.07) is 7.38. The summed E-state index contributed by atoms with van der Waals surface area (Å²) in [5, 5.41) is 15.4. The molecule has 7 nitrogen and oxygen atoms in total. The summed E-state index contributed by atoms with van der Waals surface area (Å²) < 4.78 is 9.33. The number of benzene rings is 1. The summed E-state index contributed by atoms with van der Waals surface area (Å²) >= 11 is 0. The fourth-order valence-electron chi connectivity index (χ4n) is 4.40. The van der Waals surface area contributed by atoms with E-state index >= 15 is 0 Å². The predicted octanol–water partition coefficient (Wildman–Crippen LogP) is 3.35. The molecule has 0 radical (unpaired) electrons. The van der Waals surface area contributed by atoms with Crippen LogP contribution in [0.15, 0.2) is 35.3 Å². The van der Waals surface area contributed by atoms with Gasteiger partial charge in [0.2, 0.25) is 0 Å². The number of ether oxygens (including phenoxy) is 1. The zero-order valence-corrected chi connectivity index (χ0v) is 17.1. The number of methoxy groups -OCH3 is 1. The molecule has 4 rings (SSSR count). The van der Waals surface area contributed by atoms with Gasteiger partial charge in [-0.1, -0.05) is 39.0 Å². The monoisotopic (exact) mass is 395 g/mol. The van der Waals surface area contributed by atoms with E-state index in [2.05, 4.69) is 26.8 Å². The van der Waals surface area contributed by atoms with Crippen molar-refractivity contribution in [3.63, 3.8) is 0 Å². The molecule has 0 fully saturated rings. The molecular weight excluding hydrogens is 370 g/mol. The maximum Gasteiger partial charge on any atom is 0.341 e. The standard InChI is InChI=1S/C22H25N3O4/c1-5-13-7-6-8-14-19(13)23-25-11-18(22(2,3)12-29-4)24-10-15(21(27)28)17(26)9-16(24)20(14)25/h6-10,18H,5,11-12H2,1-4H3,(H,27,28)/t18-/m1/s1. The van der Waals surface area contributed by atoms with Gasteiger partial charge in [-0.05, 0) is 12.0 Å². The van der Waals surface area contributed by atoms with Gasteiger partial charge in [0.25, 0.3) is 0 Å². The average Bonchev–Trinajstić information content (AvgIpc) is 3.05. The summed E-state index contributed by atoms with van der Waals surface area (Å²) in [5.41, 5.74) is 2.59. The molecule has 0 unspecified atom stereocenters. The van der Waals surface area contributed by atoms with E-state index in [-0.39, 0.29) is 17.0 Å². The number of rotatable bonds is 5. The maximum absolute atomic E-state index is 12.6. The first kappa shape index (κ1) is 19.4. The lowest BCUT2D eigenvalue weighted by molar-refractivity contribution is 0.0530. The first-order valence-electron chi connectivity index (χ1n) is 9.75. The Labute approximate surface area is 168 Å². The third-order valence-electron chi connectivity index (χ3n) is 5.89. The minimum Gasteiger partial charge on any atom is -0.477 e. The molecule has 2 aromatic heterocycles. The minimum atomic E-state index is -1.22. The lowest BCUT2D eigenvalue weighted by Gasteiger charge is -2.40. The van der Waals surface area contributed by atoms with Crippen LogP contribution in [0.5, 0.6) is 0 Å². The van der Waals surface area contributed by atoms with Gasteiger partial charge >= 0.3 is 5.97 Å². The van der Waals surface area contributed by atoms with Gasteiger partial charge in [-0.2, -0.15) is 5.10 Å². The summed E-state index contributed by atoms with van der Waals surface area (Å²) in [7, 11) is 1.65. The fourth-order valence-corrected chi connectivity index (χ4v) is 4.40. The molecule has 1 aliphatic heterocycles. The van der Waals surface area contributed by atoms with Gasteiger partial charge in [0, 0.05) is 30.2 Å². The van der Waals surface area contributed by atoms with Gasteiger partial charge in [-0.25, -0.2) is 4.79 Å². The number of aryl methyl sites for hydroxylation is 1. The number of hydrogen-bond acceptors (Lipinski definition) is 4. The maximum atomic E-state index is 12.6. The molecule has 1 aromatic carbocycles. The largest absolute Gasteiger partial charge is 0.477 e. The number of carbonyl (C=O) groups is 1. The highest BCUT2D eigenvalue weighted by Gasteiger charge is 2.38. The number of carboxylic acids is 1. The number of pyridine rings is 1. The molecule has 0 bridgehead atoms. The molecule has 152 valence electrons. The molecule has 1 N–H and O–H groups in total. The molecule has 0 aliphatic carbocycles. The summed E-state index contributed by atoms with van der Waals surface area (Å²) in [5.74, 6) is -1.22. The predicted molar refractivity (Wildman–Crippen MR) is 110 cm³/mol. The Morgan fingerprint density at radius 1 is 1.38 bits per heavy atom. The van der Waals surface area contributed by atoms with Gasteiger partial charge in [-0.15, -0.1) is 0 Å². The van der Waals surface area contributed by atoms with E-state index in [1.807, 2.05) is 21.4 Å². The van der Waals surface area contributed by atoms with Crippen LogP contribution < -0.4 is 5.43 Å². The fraction of sp³-hybridized carbons (Fsp3) is 0.409. The Morgan fingerprint density at radius 2 is 2.14 bits per heavy atom. The molecule has 3 aromatic rings. The van der Waals surface area contributed by atoms with Crippen molar-refractivity contribution in [2.24, 2.45) is 5.41 Å². The van der Waals surface area contributed by atoms with Crippen molar-refractivity contribution in [3.8, 4) is 11.4 Å². The Balaban J connectivity index is 2.05. The van der Waals surface area contributed by atoms with E-state index < -0.39 is 11.4 Å². The van der Waals surface area contributed by atoms with E-state index in [1.165, 1.54) is 12.3 Å². The van der Waals surface area contributed by atoms with E-state index in [9.17, 15) is 14.7 Å². The molecule has 0 saturated carbocycles. The summed E-state index contributed by atoms with van der Waals surface area (Å²) in [4.78, 5) is 24.2. The van der Waals surface area contributed by atoms with Crippen LogP contribution in [-0.2, 0) is 17.7 Å². The number of nitrogens with zero attached hydrogens (tertiary/aromatic N) is 3. The van der Waals surface area contributed by atoms with E-state index in [0.29, 0.717) is 18.8 Å². The molecule has 1 aliphatic rings. The molecule has 0 amide bonds. The van der Waals surface area contributed by atoms with E-state index in [1.54, 1.807) is 7.11 Å². The van der Waals surface area contributed by atoms with Gasteiger partial charge in [0.05, 0.1) is 36.1 Å². The van der Waals surface area contributed by atoms with Crippen LogP contribution in [0.4, 0.5) is 0 Å². The second-order valence-electron chi connectivity index (χ2n) is 8.28. The zero-order valence-electron chi connectivity index (χ0n) is 17.1. The Bertz CT molecular complexity index is 1170. The number of hydrogen-bond donors (Lipinski definition) is 1. The third-order valence-corrected chi connectivity index (χ3v) is 5.89. The number of fused-ring (bicyclic) bond motifs is 5. The SMILES string of the molecule is CCc1cccc2c3n(nc12)C[C@H](C(C)(C)COC)n1cc(C(=O)O)c(=O)cc1-3. The zero-order chi connectivity index (χ0) is 20.9. The number of aromatic nitrogens is 3. The Hall–Kier alpha value is -2.93. The lowest BCUT2D eigenvalue weighted by atomic mass is 9.83. The molecular formula is C22H25N3O4. The summed E-state index contributed by atoms with van der Waals surface area (Å²) in [6.07, 6.45) is 2.34. The van der Waals surface area contributed by atoms with Gasteiger partial charge in [0.1, 0.15) is 5.56 Å². The van der Waals surface area contributed by atoms with E-state index in [4.69, 9.17) is 9.84 Å². The van der Waals surface area contributed by atoms with Gasteiger partial charge in [0.15, 0.2) is 5.43 Å². The van der Waals surface area contributed by atoms with Crippen LogP contribution in [-0.4, -0.2) is 39.1 Å². The number of aromatic carboxylic acids is 1. The van der Waals surface area contributed by atoms with Crippen LogP contribution in [0.1, 0.15) is 42.7 Å². The highest BCUT2D eigenvalue weighted by molar-refractivity contribution is 5.95. The van der Waals surface area contributed by atoms with Crippen molar-refractivity contribution in [3.05, 3.63) is 51.8 Å². The number of carboxylic acid groups (broad SMARTS) is 1. The first-order chi connectivity index (χ1) is 13.8. The van der Waals surface area contributed by atoms with Crippen molar-refractivity contribution in [2.45, 2.75) is 39.8 Å². The highest BCUT2D eigenvalue weighted by atomic mass is 16.5. The van der Waals surface area contributed by atoms with Crippen molar-refractivity contribution in [2.75, 3.05) is 13.7 Å².